The molecule has 1 aromatic rings. The molecule has 0 bridgehead atoms. The highest BCUT2D eigenvalue weighted by molar-refractivity contribution is 5.95. The van der Waals surface area contributed by atoms with Gasteiger partial charge in [0, 0.05) is 25.7 Å². The lowest BCUT2D eigenvalue weighted by Gasteiger charge is -2.24. The van der Waals surface area contributed by atoms with E-state index in [1.54, 1.807) is 12.1 Å². The maximum atomic E-state index is 12.5. The van der Waals surface area contributed by atoms with E-state index < -0.39 is 6.04 Å². The summed E-state index contributed by atoms with van der Waals surface area (Å²) >= 11 is 0. The van der Waals surface area contributed by atoms with Crippen molar-refractivity contribution in [3.63, 3.8) is 0 Å². The maximum Gasteiger partial charge on any atom is 0.287 e. The lowest BCUT2D eigenvalue weighted by molar-refractivity contribution is -0.124. The monoisotopic (exact) mass is 347 g/mol. The minimum Gasteiger partial charge on any atom is -0.459 e. The zero-order valence-electron chi connectivity index (χ0n) is 15.2. The molecule has 2 amide bonds. The highest BCUT2D eigenvalue weighted by atomic mass is 16.3. The third kappa shape index (κ3) is 5.33. The van der Waals surface area contributed by atoms with Gasteiger partial charge in [-0.3, -0.25) is 14.5 Å². The van der Waals surface area contributed by atoms with E-state index in [0.717, 1.165) is 18.5 Å². The Morgan fingerprint density at radius 1 is 1.28 bits per heavy atom. The van der Waals surface area contributed by atoms with E-state index in [4.69, 9.17) is 4.42 Å². The Balaban J connectivity index is 1.45. The maximum absolute atomic E-state index is 12.5. The first kappa shape index (κ1) is 18.0. The van der Waals surface area contributed by atoms with Crippen LogP contribution in [0.3, 0.4) is 0 Å². The Hall–Kier alpha value is -1.82. The van der Waals surface area contributed by atoms with Gasteiger partial charge in [-0.1, -0.05) is 13.8 Å². The minimum atomic E-state index is -0.560. The molecule has 1 heterocycles. The molecule has 2 N–H and O–H groups in total. The lowest BCUT2D eigenvalue weighted by Crippen LogP contribution is -2.51. The summed E-state index contributed by atoms with van der Waals surface area (Å²) in [5.41, 5.74) is 0. The fourth-order valence-electron chi connectivity index (χ4n) is 3.08. The second kappa shape index (κ2) is 8.04. The summed E-state index contributed by atoms with van der Waals surface area (Å²) in [7, 11) is 0. The van der Waals surface area contributed by atoms with Gasteiger partial charge < -0.3 is 15.1 Å². The molecule has 2 aliphatic rings. The highest BCUT2D eigenvalue weighted by Crippen LogP contribution is 2.34. The van der Waals surface area contributed by atoms with Gasteiger partial charge in [-0.05, 0) is 49.7 Å². The molecule has 6 heteroatoms. The van der Waals surface area contributed by atoms with Gasteiger partial charge in [-0.15, -0.1) is 0 Å². The summed E-state index contributed by atoms with van der Waals surface area (Å²) in [5.74, 6) is 0.615. The molecule has 138 valence electrons. The first-order chi connectivity index (χ1) is 12.0. The van der Waals surface area contributed by atoms with Crippen LogP contribution in [0.25, 0.3) is 0 Å². The van der Waals surface area contributed by atoms with E-state index in [2.05, 4.69) is 15.5 Å². The minimum absolute atomic E-state index is 0.00455. The van der Waals surface area contributed by atoms with Crippen LogP contribution in [0.5, 0.6) is 0 Å². The molecule has 1 aromatic heterocycles. The number of hydrogen-bond donors (Lipinski definition) is 2. The molecule has 0 radical (unpaired) electrons. The normalized spacial score (nSPS) is 18.4. The van der Waals surface area contributed by atoms with E-state index in [0.29, 0.717) is 6.54 Å². The van der Waals surface area contributed by atoms with E-state index in [1.807, 2.05) is 13.8 Å². The summed E-state index contributed by atoms with van der Waals surface area (Å²) in [5, 5.41) is 5.77. The molecule has 0 saturated heterocycles. The van der Waals surface area contributed by atoms with Gasteiger partial charge >= 0.3 is 0 Å². The molecule has 2 aliphatic carbocycles. The average Bonchev–Trinajstić information content (AvgIpc) is 3.50. The van der Waals surface area contributed by atoms with Gasteiger partial charge in [0.15, 0.2) is 5.76 Å². The number of furan rings is 1. The molecular weight excluding hydrogens is 318 g/mol. The molecule has 25 heavy (non-hydrogen) atoms. The van der Waals surface area contributed by atoms with Crippen LogP contribution in [-0.2, 0) is 4.79 Å². The standard InChI is InChI=1S/C19H29N3O3/c1-13(2)17(21-18(23)16-4-3-11-25-16)19(24)20-9-10-22(15-7-8-15)12-14-5-6-14/h3-4,11,13-15,17H,5-10,12H2,1-2H3,(H,20,24)(H,21,23)/t17-/m1/s1. The van der Waals surface area contributed by atoms with Crippen molar-refractivity contribution in [2.45, 2.75) is 51.6 Å². The van der Waals surface area contributed by atoms with Crippen molar-refractivity contribution in [3.05, 3.63) is 24.2 Å². The Morgan fingerprint density at radius 3 is 2.60 bits per heavy atom. The summed E-state index contributed by atoms with van der Waals surface area (Å²) in [6.07, 6.45) is 6.72. The van der Waals surface area contributed by atoms with E-state index in [9.17, 15) is 9.59 Å². The van der Waals surface area contributed by atoms with Gasteiger partial charge in [0.05, 0.1) is 6.26 Å². The first-order valence-corrected chi connectivity index (χ1v) is 9.40. The van der Waals surface area contributed by atoms with Crippen molar-refractivity contribution >= 4 is 11.8 Å². The third-order valence-electron chi connectivity index (χ3n) is 4.93. The number of carbonyl (C=O) groups excluding carboxylic acids is 2. The van der Waals surface area contributed by atoms with Gasteiger partial charge in [0.1, 0.15) is 6.04 Å². The van der Waals surface area contributed by atoms with Crippen molar-refractivity contribution in [1.82, 2.24) is 15.5 Å². The Bertz CT molecular complexity index is 577. The third-order valence-corrected chi connectivity index (χ3v) is 4.93. The Morgan fingerprint density at radius 2 is 2.04 bits per heavy atom. The van der Waals surface area contributed by atoms with Gasteiger partial charge in [-0.25, -0.2) is 0 Å². The molecule has 0 aromatic carbocycles. The zero-order valence-corrected chi connectivity index (χ0v) is 15.2. The highest BCUT2D eigenvalue weighted by Gasteiger charge is 2.33. The van der Waals surface area contributed by atoms with E-state index in [1.165, 1.54) is 38.5 Å². The van der Waals surface area contributed by atoms with Crippen LogP contribution in [-0.4, -0.2) is 48.4 Å². The van der Waals surface area contributed by atoms with Crippen LogP contribution in [0.1, 0.15) is 50.1 Å². The molecule has 3 rings (SSSR count). The van der Waals surface area contributed by atoms with Crippen molar-refractivity contribution in [3.8, 4) is 0 Å². The second-order valence-corrected chi connectivity index (χ2v) is 7.63. The summed E-state index contributed by atoms with van der Waals surface area (Å²) in [6.45, 7) is 6.54. The Labute approximate surface area is 149 Å². The zero-order chi connectivity index (χ0) is 17.8. The van der Waals surface area contributed by atoms with Crippen molar-refractivity contribution < 1.29 is 14.0 Å². The fraction of sp³-hybridized carbons (Fsp3) is 0.684. The second-order valence-electron chi connectivity index (χ2n) is 7.63. The van der Waals surface area contributed by atoms with Crippen LogP contribution in [0.4, 0.5) is 0 Å². The SMILES string of the molecule is CC(C)[C@@H](NC(=O)c1ccco1)C(=O)NCCN(CC1CC1)C1CC1. The number of carbonyl (C=O) groups is 2. The number of nitrogens with zero attached hydrogens (tertiary/aromatic N) is 1. The molecule has 0 aliphatic heterocycles. The first-order valence-electron chi connectivity index (χ1n) is 9.40. The van der Waals surface area contributed by atoms with Crippen LogP contribution in [0.15, 0.2) is 22.8 Å². The number of amides is 2. The molecule has 6 nitrogen and oxygen atoms in total. The van der Waals surface area contributed by atoms with E-state index >= 15 is 0 Å². The van der Waals surface area contributed by atoms with Crippen LogP contribution < -0.4 is 10.6 Å². The fourth-order valence-corrected chi connectivity index (χ4v) is 3.08. The molecule has 0 spiro atoms. The largest absolute Gasteiger partial charge is 0.459 e. The lowest BCUT2D eigenvalue weighted by atomic mass is 10.0. The number of rotatable bonds is 10. The predicted octanol–water partition coefficient (Wildman–Crippen LogP) is 2.02. The number of hydrogen-bond acceptors (Lipinski definition) is 4. The molecule has 0 unspecified atom stereocenters. The van der Waals surface area contributed by atoms with Gasteiger partial charge in [0.2, 0.25) is 5.91 Å². The molecule has 2 fully saturated rings. The summed E-state index contributed by atoms with van der Waals surface area (Å²) in [4.78, 5) is 27.2. The molecular formula is C19H29N3O3. The summed E-state index contributed by atoms with van der Waals surface area (Å²) in [6, 6.07) is 3.41. The topological polar surface area (TPSA) is 74.6 Å². The van der Waals surface area contributed by atoms with Crippen LogP contribution >= 0.6 is 0 Å². The predicted molar refractivity (Wildman–Crippen MR) is 95.1 cm³/mol. The average molecular weight is 347 g/mol. The Kier molecular flexibility index (Phi) is 5.78. The van der Waals surface area contributed by atoms with Crippen molar-refractivity contribution in [2.24, 2.45) is 11.8 Å². The van der Waals surface area contributed by atoms with Crippen LogP contribution in [0, 0.1) is 11.8 Å². The summed E-state index contributed by atoms with van der Waals surface area (Å²) < 4.78 is 5.09. The quantitative estimate of drug-likeness (QED) is 0.679. The smallest absolute Gasteiger partial charge is 0.287 e. The molecule has 1 atom stereocenters. The molecule has 2 saturated carbocycles. The van der Waals surface area contributed by atoms with Gasteiger partial charge in [0.25, 0.3) is 5.91 Å². The number of nitrogens with one attached hydrogen (secondary N) is 2. The van der Waals surface area contributed by atoms with E-state index in [-0.39, 0.29) is 23.5 Å². The van der Waals surface area contributed by atoms with Crippen LogP contribution in [0.2, 0.25) is 0 Å². The van der Waals surface area contributed by atoms with Gasteiger partial charge in [-0.2, -0.15) is 0 Å². The van der Waals surface area contributed by atoms with Crippen molar-refractivity contribution in [2.75, 3.05) is 19.6 Å². The van der Waals surface area contributed by atoms with Crippen molar-refractivity contribution in [1.29, 1.82) is 0 Å².